The first-order valence-corrected chi connectivity index (χ1v) is 10.1. The topological polar surface area (TPSA) is 66.9 Å². The molecule has 0 aromatic heterocycles. The van der Waals surface area contributed by atoms with Gasteiger partial charge >= 0.3 is 0 Å². The zero-order chi connectivity index (χ0) is 17.7. The molecule has 0 bridgehead atoms. The molecule has 1 heterocycles. The molecule has 1 fully saturated rings. The molecule has 1 aromatic rings. The largest absolute Gasteiger partial charge is 0.497 e. The van der Waals surface area contributed by atoms with Crippen LogP contribution < -0.4 is 9.04 Å². The van der Waals surface area contributed by atoms with Crippen LogP contribution in [0.1, 0.15) is 32.6 Å². The molecule has 1 aliphatic heterocycles. The summed E-state index contributed by atoms with van der Waals surface area (Å²) in [5, 5.41) is 0. The fourth-order valence-corrected chi connectivity index (χ4v) is 3.97. The lowest BCUT2D eigenvalue weighted by Crippen LogP contribution is -2.48. The van der Waals surface area contributed by atoms with Crippen molar-refractivity contribution >= 4 is 21.6 Å². The van der Waals surface area contributed by atoms with Crippen LogP contribution in [-0.4, -0.2) is 51.7 Å². The van der Waals surface area contributed by atoms with Gasteiger partial charge in [0, 0.05) is 12.6 Å². The van der Waals surface area contributed by atoms with Crippen LogP contribution in [-0.2, 0) is 14.8 Å². The maximum absolute atomic E-state index is 12.7. The molecule has 7 heteroatoms. The quantitative estimate of drug-likeness (QED) is 0.786. The fourth-order valence-electron chi connectivity index (χ4n) is 3.12. The second kappa shape index (κ2) is 7.88. The molecular weight excluding hydrogens is 328 g/mol. The van der Waals surface area contributed by atoms with Crippen LogP contribution in [0.25, 0.3) is 0 Å². The number of rotatable bonds is 6. The zero-order valence-electron chi connectivity index (χ0n) is 14.6. The number of benzene rings is 1. The summed E-state index contributed by atoms with van der Waals surface area (Å²) in [7, 11) is -2.00. The average Bonchev–Trinajstić information content (AvgIpc) is 2.58. The summed E-state index contributed by atoms with van der Waals surface area (Å²) in [5.41, 5.74) is 0.469. The normalized spacial score (nSPS) is 18.3. The number of methoxy groups -OCH3 is 1. The molecule has 1 aliphatic rings. The molecule has 24 heavy (non-hydrogen) atoms. The molecule has 1 unspecified atom stereocenters. The van der Waals surface area contributed by atoms with E-state index in [0.717, 1.165) is 36.2 Å². The molecule has 6 nitrogen and oxygen atoms in total. The van der Waals surface area contributed by atoms with Crippen molar-refractivity contribution in [1.82, 2.24) is 4.90 Å². The van der Waals surface area contributed by atoms with Crippen LogP contribution in [0.4, 0.5) is 5.69 Å². The van der Waals surface area contributed by atoms with Crippen molar-refractivity contribution in [3.63, 3.8) is 0 Å². The fraction of sp³-hybridized carbons (Fsp3) is 0.588. The van der Waals surface area contributed by atoms with E-state index in [0.29, 0.717) is 18.0 Å². The third-order valence-corrected chi connectivity index (χ3v) is 5.60. The van der Waals surface area contributed by atoms with Crippen LogP contribution in [0.3, 0.4) is 0 Å². The summed E-state index contributed by atoms with van der Waals surface area (Å²) >= 11 is 0. The maximum atomic E-state index is 12.7. The number of likely N-dealkylation sites (tertiary alicyclic amines) is 1. The van der Waals surface area contributed by atoms with Gasteiger partial charge in [-0.25, -0.2) is 8.42 Å². The molecule has 134 valence electrons. The average molecular weight is 354 g/mol. The van der Waals surface area contributed by atoms with Crippen molar-refractivity contribution < 1.29 is 17.9 Å². The number of sulfonamides is 1. The summed E-state index contributed by atoms with van der Waals surface area (Å²) in [5.74, 6) is 0.503. The lowest BCUT2D eigenvalue weighted by molar-refractivity contribution is -0.133. The maximum Gasteiger partial charge on any atom is 0.243 e. The Morgan fingerprint density at radius 3 is 2.50 bits per heavy atom. The van der Waals surface area contributed by atoms with Crippen LogP contribution in [0.2, 0.25) is 0 Å². The van der Waals surface area contributed by atoms with Crippen molar-refractivity contribution in [2.24, 2.45) is 0 Å². The first-order valence-electron chi connectivity index (χ1n) is 8.28. The molecule has 1 atom stereocenters. The zero-order valence-corrected chi connectivity index (χ0v) is 15.4. The number of carbonyl (C=O) groups excluding carboxylic acids is 1. The Hall–Kier alpha value is -1.76. The van der Waals surface area contributed by atoms with Crippen LogP contribution in [0, 0.1) is 0 Å². The van der Waals surface area contributed by atoms with Crippen molar-refractivity contribution in [1.29, 1.82) is 0 Å². The molecule has 1 amide bonds. The van der Waals surface area contributed by atoms with Gasteiger partial charge in [-0.15, -0.1) is 0 Å². The predicted octanol–water partition coefficient (Wildman–Crippen LogP) is 2.25. The highest BCUT2D eigenvalue weighted by Crippen LogP contribution is 2.24. The van der Waals surface area contributed by atoms with Gasteiger partial charge in [-0.1, -0.05) is 6.92 Å². The van der Waals surface area contributed by atoms with E-state index in [-0.39, 0.29) is 18.5 Å². The molecular formula is C17H26N2O4S. The molecule has 0 N–H and O–H groups in total. The first kappa shape index (κ1) is 18.6. The van der Waals surface area contributed by atoms with E-state index in [4.69, 9.17) is 4.74 Å². The van der Waals surface area contributed by atoms with E-state index in [2.05, 4.69) is 6.92 Å². The van der Waals surface area contributed by atoms with Gasteiger partial charge in [0.05, 0.1) is 19.1 Å². The van der Waals surface area contributed by atoms with E-state index < -0.39 is 10.0 Å². The van der Waals surface area contributed by atoms with Gasteiger partial charge in [-0.3, -0.25) is 9.10 Å². The summed E-state index contributed by atoms with van der Waals surface area (Å²) in [4.78, 5) is 14.6. The minimum Gasteiger partial charge on any atom is -0.497 e. The summed E-state index contributed by atoms with van der Waals surface area (Å²) in [6.07, 6.45) is 5.11. The van der Waals surface area contributed by atoms with E-state index in [1.165, 1.54) is 0 Å². The molecule has 1 aromatic carbocycles. The monoisotopic (exact) mass is 354 g/mol. The van der Waals surface area contributed by atoms with Gasteiger partial charge in [0.1, 0.15) is 12.3 Å². The standard InChI is InChI=1S/C17H26N2O4S/c1-4-14-7-5-6-12-18(14)17(20)13-19(24(3,21)22)15-8-10-16(23-2)11-9-15/h8-11,14H,4-7,12-13H2,1-3H3. The van der Waals surface area contributed by atoms with Crippen molar-refractivity contribution in [2.45, 2.75) is 38.6 Å². The lowest BCUT2D eigenvalue weighted by Gasteiger charge is -2.36. The highest BCUT2D eigenvalue weighted by molar-refractivity contribution is 7.92. The number of hydrogen-bond acceptors (Lipinski definition) is 4. The summed E-state index contributed by atoms with van der Waals surface area (Å²) in [6, 6.07) is 6.89. The SMILES string of the molecule is CCC1CCCCN1C(=O)CN(c1ccc(OC)cc1)S(C)(=O)=O. The Morgan fingerprint density at radius 2 is 1.96 bits per heavy atom. The van der Waals surface area contributed by atoms with Gasteiger partial charge in [0.25, 0.3) is 0 Å². The summed E-state index contributed by atoms with van der Waals surface area (Å²) in [6.45, 7) is 2.60. The van der Waals surface area contributed by atoms with Crippen molar-refractivity contribution in [3.05, 3.63) is 24.3 Å². The number of piperidine rings is 1. The summed E-state index contributed by atoms with van der Waals surface area (Å²) < 4.78 is 30.6. The first-order chi connectivity index (χ1) is 11.4. The number of amides is 1. The molecule has 0 radical (unpaired) electrons. The third-order valence-electron chi connectivity index (χ3n) is 4.46. The molecule has 0 saturated carbocycles. The van der Waals surface area contributed by atoms with Gasteiger partial charge in [-0.2, -0.15) is 0 Å². The minimum absolute atomic E-state index is 0.136. The smallest absolute Gasteiger partial charge is 0.243 e. The minimum atomic E-state index is -3.55. The molecule has 0 aliphatic carbocycles. The highest BCUT2D eigenvalue weighted by atomic mass is 32.2. The Balaban J connectivity index is 2.21. The van der Waals surface area contributed by atoms with E-state index in [9.17, 15) is 13.2 Å². The van der Waals surface area contributed by atoms with Crippen LogP contribution >= 0.6 is 0 Å². The van der Waals surface area contributed by atoms with E-state index in [1.807, 2.05) is 4.90 Å². The van der Waals surface area contributed by atoms with Crippen molar-refractivity contribution in [3.8, 4) is 5.75 Å². The number of ether oxygens (including phenoxy) is 1. The van der Waals surface area contributed by atoms with Gasteiger partial charge in [0.2, 0.25) is 15.9 Å². The molecule has 1 saturated heterocycles. The number of hydrogen-bond donors (Lipinski definition) is 0. The number of carbonyl (C=O) groups is 1. The number of nitrogens with zero attached hydrogens (tertiary/aromatic N) is 2. The predicted molar refractivity (Wildman–Crippen MR) is 94.8 cm³/mol. The Labute approximate surface area is 144 Å². The highest BCUT2D eigenvalue weighted by Gasteiger charge is 2.29. The van der Waals surface area contributed by atoms with E-state index in [1.54, 1.807) is 31.4 Å². The van der Waals surface area contributed by atoms with Crippen LogP contribution in [0.5, 0.6) is 5.75 Å². The second-order valence-electron chi connectivity index (χ2n) is 6.11. The lowest BCUT2D eigenvalue weighted by atomic mass is 10.00. The van der Waals surface area contributed by atoms with Gasteiger partial charge in [0.15, 0.2) is 0 Å². The third kappa shape index (κ3) is 4.41. The van der Waals surface area contributed by atoms with E-state index >= 15 is 0 Å². The Kier molecular flexibility index (Phi) is 6.10. The Bertz CT molecular complexity index is 658. The van der Waals surface area contributed by atoms with Crippen molar-refractivity contribution in [2.75, 3.05) is 30.8 Å². The van der Waals surface area contributed by atoms with Gasteiger partial charge < -0.3 is 9.64 Å². The van der Waals surface area contributed by atoms with Crippen LogP contribution in [0.15, 0.2) is 24.3 Å². The number of anilines is 1. The molecule has 2 rings (SSSR count). The van der Waals surface area contributed by atoms with Gasteiger partial charge in [-0.05, 0) is 49.9 Å². The Morgan fingerprint density at radius 1 is 1.29 bits per heavy atom. The second-order valence-corrected chi connectivity index (χ2v) is 8.02. The molecule has 0 spiro atoms.